The van der Waals surface area contributed by atoms with Crippen molar-refractivity contribution in [2.45, 2.75) is 101 Å². The first-order valence-corrected chi connectivity index (χ1v) is 11.5. The van der Waals surface area contributed by atoms with Gasteiger partial charge in [-0.3, -0.25) is 0 Å². The molecule has 4 rings (SSSR count). The normalized spacial score (nSPS) is 42.9. The average Bonchev–Trinajstić information content (AvgIpc) is 3.27. The van der Waals surface area contributed by atoms with Gasteiger partial charge in [-0.25, -0.2) is 13.2 Å². The van der Waals surface area contributed by atoms with Crippen LogP contribution in [0.3, 0.4) is 0 Å². The van der Waals surface area contributed by atoms with Crippen molar-refractivity contribution in [3.05, 3.63) is 0 Å². The van der Waals surface area contributed by atoms with Gasteiger partial charge < -0.3 is 19.7 Å². The zero-order valence-electron chi connectivity index (χ0n) is 17.8. The van der Waals surface area contributed by atoms with Gasteiger partial charge in [-0.2, -0.15) is 8.78 Å². The summed E-state index contributed by atoms with van der Waals surface area (Å²) in [5.41, 5.74) is 0. The molecule has 2 unspecified atom stereocenters. The summed E-state index contributed by atoms with van der Waals surface area (Å²) in [6.07, 6.45) is -5.76. The van der Waals surface area contributed by atoms with E-state index in [4.69, 9.17) is 14.2 Å². The summed E-state index contributed by atoms with van der Waals surface area (Å²) < 4.78 is 85.7. The minimum atomic E-state index is -3.42. The molecular weight excluding hydrogens is 423 g/mol. The molecule has 2 N–H and O–H groups in total. The zero-order valence-corrected chi connectivity index (χ0v) is 17.8. The lowest BCUT2D eigenvalue weighted by molar-refractivity contribution is -0.306. The Balaban J connectivity index is 0.00000181. The lowest BCUT2D eigenvalue weighted by Crippen LogP contribution is -2.45. The monoisotopic (exact) mass is 462 g/mol. The number of alkyl halides is 5. The third-order valence-corrected chi connectivity index (χ3v) is 7.75. The van der Waals surface area contributed by atoms with Crippen LogP contribution in [0.15, 0.2) is 0 Å². The van der Waals surface area contributed by atoms with Crippen LogP contribution in [0.4, 0.5) is 22.0 Å². The highest BCUT2D eigenvalue weighted by molar-refractivity contribution is 4.90. The standard InChI is InChI=1S/C22H33F5O3.H2O.2H2/c23-18-11-17(12-19(24)20(18)25)30-22(26,27)16-7-5-14(6-8-16)13-1-3-15(4-2-13)21-28-9-10-29-21;;;/h13-21H,1-12H2;1H2;2*1H. The first-order chi connectivity index (χ1) is 14.3. The molecule has 3 aliphatic carbocycles. The Kier molecular flexibility index (Phi) is 8.60. The molecule has 0 aromatic rings. The maximum Gasteiger partial charge on any atom is 0.358 e. The minimum absolute atomic E-state index is 0. The summed E-state index contributed by atoms with van der Waals surface area (Å²) in [7, 11) is 0. The van der Waals surface area contributed by atoms with Crippen LogP contribution in [-0.4, -0.2) is 55.7 Å². The molecule has 4 aliphatic rings. The van der Waals surface area contributed by atoms with E-state index in [1.54, 1.807) is 0 Å². The SMILES string of the molecule is FC1CC(OC(F)(F)C2CCC(C3CCC(C4OCCO4)CC3)CC2)CC(F)C1F.O.[HH].[HH]. The van der Waals surface area contributed by atoms with Crippen LogP contribution >= 0.6 is 0 Å². The molecule has 0 bridgehead atoms. The molecule has 186 valence electrons. The Morgan fingerprint density at radius 2 is 1.16 bits per heavy atom. The lowest BCUT2D eigenvalue weighted by atomic mass is 9.69. The Morgan fingerprint density at radius 3 is 1.68 bits per heavy atom. The van der Waals surface area contributed by atoms with Crippen LogP contribution in [0.25, 0.3) is 0 Å². The number of hydrogen-bond donors (Lipinski definition) is 0. The molecule has 0 radical (unpaired) electrons. The second kappa shape index (κ2) is 10.6. The van der Waals surface area contributed by atoms with Gasteiger partial charge >= 0.3 is 6.11 Å². The molecule has 0 aromatic carbocycles. The summed E-state index contributed by atoms with van der Waals surface area (Å²) in [5.74, 6) is 0.494. The minimum Gasteiger partial charge on any atom is -0.412 e. The maximum atomic E-state index is 14.6. The molecule has 3 saturated carbocycles. The predicted octanol–water partition coefficient (Wildman–Crippen LogP) is 5.43. The van der Waals surface area contributed by atoms with E-state index < -0.39 is 49.5 Å². The molecule has 4 nitrogen and oxygen atoms in total. The second-order valence-corrected chi connectivity index (χ2v) is 9.65. The quantitative estimate of drug-likeness (QED) is 0.512. The third kappa shape index (κ3) is 5.89. The van der Waals surface area contributed by atoms with E-state index in [0.29, 0.717) is 43.8 Å². The molecule has 1 aliphatic heterocycles. The van der Waals surface area contributed by atoms with Crippen molar-refractivity contribution in [1.82, 2.24) is 0 Å². The van der Waals surface area contributed by atoms with Gasteiger partial charge in [-0.15, -0.1) is 0 Å². The first-order valence-electron chi connectivity index (χ1n) is 11.5. The third-order valence-electron chi connectivity index (χ3n) is 7.75. The van der Waals surface area contributed by atoms with Crippen molar-refractivity contribution in [2.75, 3.05) is 13.2 Å². The van der Waals surface area contributed by atoms with Crippen molar-refractivity contribution < 1.29 is 44.5 Å². The zero-order chi connectivity index (χ0) is 21.3. The van der Waals surface area contributed by atoms with Gasteiger partial charge in [0.2, 0.25) is 0 Å². The van der Waals surface area contributed by atoms with Crippen LogP contribution < -0.4 is 0 Å². The van der Waals surface area contributed by atoms with Gasteiger partial charge in [0.05, 0.1) is 25.2 Å². The Labute approximate surface area is 183 Å². The fourth-order valence-corrected chi connectivity index (χ4v) is 5.96. The summed E-state index contributed by atoms with van der Waals surface area (Å²) in [6.45, 7) is 1.33. The van der Waals surface area contributed by atoms with Crippen LogP contribution in [0.1, 0.15) is 67.1 Å². The van der Waals surface area contributed by atoms with Crippen LogP contribution in [0.5, 0.6) is 0 Å². The van der Waals surface area contributed by atoms with Crippen molar-refractivity contribution in [2.24, 2.45) is 23.7 Å². The van der Waals surface area contributed by atoms with Crippen molar-refractivity contribution >= 4 is 0 Å². The van der Waals surface area contributed by atoms with E-state index >= 15 is 0 Å². The topological polar surface area (TPSA) is 59.2 Å². The highest BCUT2D eigenvalue weighted by Gasteiger charge is 2.48. The number of rotatable bonds is 5. The Hall–Kier alpha value is -0.510. The second-order valence-electron chi connectivity index (χ2n) is 9.65. The van der Waals surface area contributed by atoms with Gasteiger partial charge in [-0.1, -0.05) is 0 Å². The van der Waals surface area contributed by atoms with Crippen LogP contribution in [0, 0.1) is 23.7 Å². The fraction of sp³-hybridized carbons (Fsp3) is 1.00. The van der Waals surface area contributed by atoms with E-state index in [1.165, 1.54) is 0 Å². The highest BCUT2D eigenvalue weighted by atomic mass is 19.3. The molecule has 31 heavy (non-hydrogen) atoms. The maximum absolute atomic E-state index is 14.6. The molecule has 2 atom stereocenters. The van der Waals surface area contributed by atoms with E-state index in [-0.39, 0.29) is 14.6 Å². The first kappa shape index (κ1) is 25.1. The number of ether oxygens (including phenoxy) is 3. The van der Waals surface area contributed by atoms with Crippen LogP contribution in [-0.2, 0) is 14.2 Å². The molecule has 0 spiro atoms. The summed E-state index contributed by atoms with van der Waals surface area (Å²) >= 11 is 0. The van der Waals surface area contributed by atoms with Crippen LogP contribution in [0.2, 0.25) is 0 Å². The predicted molar refractivity (Wildman–Crippen MR) is 108 cm³/mol. The average molecular weight is 463 g/mol. The van der Waals surface area contributed by atoms with Crippen molar-refractivity contribution in [3.8, 4) is 0 Å². The molecule has 4 fully saturated rings. The Morgan fingerprint density at radius 1 is 0.710 bits per heavy atom. The molecule has 1 heterocycles. The molecule has 9 heteroatoms. The molecule has 0 aromatic heterocycles. The van der Waals surface area contributed by atoms with Gasteiger partial charge in [-0.05, 0) is 63.2 Å². The highest BCUT2D eigenvalue weighted by Crippen LogP contribution is 2.47. The molecule has 1 saturated heterocycles. The summed E-state index contributed by atoms with van der Waals surface area (Å²) in [6, 6.07) is 0. The Bertz CT molecular complexity index is 545. The molecule has 0 amide bonds. The fourth-order valence-electron chi connectivity index (χ4n) is 5.96. The number of halogens is 5. The van der Waals surface area contributed by atoms with E-state index in [9.17, 15) is 22.0 Å². The molecular formula is C22H39F5O4. The van der Waals surface area contributed by atoms with Gasteiger partial charge in [0.1, 0.15) is 12.3 Å². The van der Waals surface area contributed by atoms with E-state index in [2.05, 4.69) is 0 Å². The summed E-state index contributed by atoms with van der Waals surface area (Å²) in [5, 5.41) is 0. The summed E-state index contributed by atoms with van der Waals surface area (Å²) in [4.78, 5) is 0. The van der Waals surface area contributed by atoms with Gasteiger partial charge in [0.25, 0.3) is 0 Å². The van der Waals surface area contributed by atoms with Gasteiger partial charge in [0, 0.05) is 21.6 Å². The van der Waals surface area contributed by atoms with Gasteiger partial charge in [0.15, 0.2) is 12.5 Å². The lowest BCUT2D eigenvalue weighted by Gasteiger charge is -2.41. The largest absolute Gasteiger partial charge is 0.412 e. The number of hydrogen-bond acceptors (Lipinski definition) is 3. The smallest absolute Gasteiger partial charge is 0.358 e. The van der Waals surface area contributed by atoms with E-state index in [1.807, 2.05) is 0 Å². The van der Waals surface area contributed by atoms with Crippen molar-refractivity contribution in [3.63, 3.8) is 0 Å². The van der Waals surface area contributed by atoms with E-state index in [0.717, 1.165) is 38.5 Å². The van der Waals surface area contributed by atoms with Crippen molar-refractivity contribution in [1.29, 1.82) is 0 Å².